The van der Waals surface area contributed by atoms with E-state index in [1.807, 2.05) is 43.0 Å². The van der Waals surface area contributed by atoms with Gasteiger partial charge in [0.15, 0.2) is 17.5 Å². The van der Waals surface area contributed by atoms with Gasteiger partial charge in [0.25, 0.3) is 0 Å². The number of halogens is 1. The zero-order chi connectivity index (χ0) is 21.3. The highest BCUT2D eigenvalue weighted by molar-refractivity contribution is 14.0. The molecular formula is C22H35IN6O2. The van der Waals surface area contributed by atoms with Crippen molar-refractivity contribution in [3.05, 3.63) is 36.2 Å². The number of guanidine groups is 1. The van der Waals surface area contributed by atoms with Gasteiger partial charge in [-0.15, -0.1) is 24.0 Å². The fraction of sp³-hybridized carbons (Fsp3) is 0.545. The Kier molecular flexibility index (Phi) is 10.2. The summed E-state index contributed by atoms with van der Waals surface area (Å²) in [5.41, 5.74) is 2.25. The van der Waals surface area contributed by atoms with Crippen LogP contribution in [0.1, 0.15) is 32.3 Å². The summed E-state index contributed by atoms with van der Waals surface area (Å²) in [5.74, 6) is 2.33. The minimum atomic E-state index is 0. The molecule has 9 heteroatoms. The van der Waals surface area contributed by atoms with Crippen LogP contribution in [0.4, 0.5) is 5.69 Å². The van der Waals surface area contributed by atoms with Gasteiger partial charge < -0.3 is 25.0 Å². The molecule has 0 aliphatic carbocycles. The molecule has 1 atom stereocenters. The summed E-state index contributed by atoms with van der Waals surface area (Å²) in [6, 6.07) is 6.30. The van der Waals surface area contributed by atoms with Crippen molar-refractivity contribution in [3.8, 4) is 11.5 Å². The van der Waals surface area contributed by atoms with Crippen LogP contribution in [0, 0.1) is 0 Å². The van der Waals surface area contributed by atoms with Crippen molar-refractivity contribution >= 4 is 35.6 Å². The molecule has 172 valence electrons. The number of benzene rings is 1. The van der Waals surface area contributed by atoms with Crippen LogP contribution in [0.3, 0.4) is 0 Å². The van der Waals surface area contributed by atoms with E-state index in [1.54, 1.807) is 7.11 Å². The van der Waals surface area contributed by atoms with Gasteiger partial charge in [0.1, 0.15) is 0 Å². The summed E-state index contributed by atoms with van der Waals surface area (Å²) >= 11 is 0. The maximum atomic E-state index is 5.68. The van der Waals surface area contributed by atoms with Crippen LogP contribution in [0.2, 0.25) is 0 Å². The number of aryl methyl sites for hydroxylation is 1. The van der Waals surface area contributed by atoms with E-state index >= 15 is 0 Å². The number of hydrogen-bond donors (Lipinski definition) is 2. The van der Waals surface area contributed by atoms with E-state index in [0.29, 0.717) is 19.2 Å². The molecule has 0 saturated carbocycles. The van der Waals surface area contributed by atoms with E-state index in [2.05, 4.69) is 33.8 Å². The van der Waals surface area contributed by atoms with E-state index in [4.69, 9.17) is 14.5 Å². The molecule has 2 N–H and O–H groups in total. The molecule has 0 amide bonds. The third kappa shape index (κ3) is 7.19. The first-order chi connectivity index (χ1) is 14.6. The van der Waals surface area contributed by atoms with Crippen molar-refractivity contribution in [1.29, 1.82) is 0 Å². The number of piperidine rings is 1. The quantitative estimate of drug-likeness (QED) is 0.303. The van der Waals surface area contributed by atoms with Crippen LogP contribution in [-0.2, 0) is 13.6 Å². The Balaban J connectivity index is 0.00000341. The summed E-state index contributed by atoms with van der Waals surface area (Å²) < 4.78 is 12.9. The highest BCUT2D eigenvalue weighted by Gasteiger charge is 2.21. The van der Waals surface area contributed by atoms with Gasteiger partial charge >= 0.3 is 0 Å². The molecule has 1 unspecified atom stereocenters. The molecule has 8 nitrogen and oxygen atoms in total. The number of nitrogens with one attached hydrogen (secondary N) is 2. The van der Waals surface area contributed by atoms with Crippen molar-refractivity contribution in [3.63, 3.8) is 0 Å². The normalized spacial score (nSPS) is 16.5. The zero-order valence-electron chi connectivity index (χ0n) is 18.9. The molecule has 0 spiro atoms. The van der Waals surface area contributed by atoms with Crippen LogP contribution in [0.25, 0.3) is 0 Å². The molecule has 2 aromatic rings. The predicted molar refractivity (Wildman–Crippen MR) is 136 cm³/mol. The largest absolute Gasteiger partial charge is 0.493 e. The Bertz CT molecular complexity index is 841. The molecule has 0 bridgehead atoms. The highest BCUT2D eigenvalue weighted by atomic mass is 127. The summed E-state index contributed by atoms with van der Waals surface area (Å²) in [6.07, 6.45) is 6.27. The predicted octanol–water partition coefficient (Wildman–Crippen LogP) is 3.17. The Hall–Kier alpha value is -2.17. The Morgan fingerprint density at radius 1 is 1.29 bits per heavy atom. The number of aromatic nitrogens is 2. The van der Waals surface area contributed by atoms with Gasteiger partial charge in [-0.1, -0.05) is 6.07 Å². The van der Waals surface area contributed by atoms with Crippen molar-refractivity contribution in [2.45, 2.75) is 39.3 Å². The molecule has 3 rings (SSSR count). The third-order valence-electron chi connectivity index (χ3n) is 5.11. The Morgan fingerprint density at radius 3 is 2.81 bits per heavy atom. The van der Waals surface area contributed by atoms with Gasteiger partial charge in [-0.2, -0.15) is 5.10 Å². The third-order valence-corrected chi connectivity index (χ3v) is 5.11. The van der Waals surface area contributed by atoms with Crippen molar-refractivity contribution in [2.75, 3.05) is 38.3 Å². The van der Waals surface area contributed by atoms with Gasteiger partial charge in [-0.05, 0) is 44.4 Å². The number of anilines is 1. The van der Waals surface area contributed by atoms with Gasteiger partial charge in [0.05, 0.1) is 32.1 Å². The first-order valence-corrected chi connectivity index (χ1v) is 10.7. The Labute approximate surface area is 202 Å². The molecule has 1 aromatic carbocycles. The molecule has 1 aromatic heterocycles. The number of nitrogens with zero attached hydrogens (tertiary/aromatic N) is 4. The lowest BCUT2D eigenvalue weighted by Gasteiger charge is -2.34. The number of methoxy groups -OCH3 is 1. The molecule has 1 fully saturated rings. The fourth-order valence-corrected chi connectivity index (χ4v) is 3.67. The molecular weight excluding hydrogens is 507 g/mol. The summed E-state index contributed by atoms with van der Waals surface area (Å²) in [6.45, 7) is 8.03. The van der Waals surface area contributed by atoms with Crippen LogP contribution in [-0.4, -0.2) is 55.1 Å². The average molecular weight is 542 g/mol. The van der Waals surface area contributed by atoms with E-state index in [0.717, 1.165) is 55.5 Å². The summed E-state index contributed by atoms with van der Waals surface area (Å²) in [5, 5.41) is 11.3. The molecule has 31 heavy (non-hydrogen) atoms. The SMILES string of the molecule is CCNC(=NCc1ccc(OC)c(OCC)c1)NC1CCCN(c2cnn(C)c2)C1.I. The Morgan fingerprint density at radius 2 is 2.13 bits per heavy atom. The smallest absolute Gasteiger partial charge is 0.191 e. The van der Waals surface area contributed by atoms with Crippen molar-refractivity contribution < 1.29 is 9.47 Å². The van der Waals surface area contributed by atoms with E-state index in [9.17, 15) is 0 Å². The second-order valence-electron chi connectivity index (χ2n) is 7.42. The van der Waals surface area contributed by atoms with E-state index < -0.39 is 0 Å². The van der Waals surface area contributed by atoms with Crippen LogP contribution >= 0.6 is 24.0 Å². The second kappa shape index (κ2) is 12.6. The topological polar surface area (TPSA) is 75.9 Å². The molecule has 0 radical (unpaired) electrons. The van der Waals surface area contributed by atoms with Gasteiger partial charge in [-0.3, -0.25) is 4.68 Å². The van der Waals surface area contributed by atoms with Crippen LogP contribution in [0.15, 0.2) is 35.6 Å². The maximum absolute atomic E-state index is 5.68. The monoisotopic (exact) mass is 542 g/mol. The zero-order valence-corrected chi connectivity index (χ0v) is 21.3. The lowest BCUT2D eigenvalue weighted by atomic mass is 10.1. The van der Waals surface area contributed by atoms with Crippen LogP contribution < -0.4 is 25.0 Å². The number of rotatable bonds is 8. The lowest BCUT2D eigenvalue weighted by Crippen LogP contribution is -2.51. The molecule has 2 heterocycles. The highest BCUT2D eigenvalue weighted by Crippen LogP contribution is 2.28. The fourth-order valence-electron chi connectivity index (χ4n) is 3.67. The minimum Gasteiger partial charge on any atom is -0.493 e. The average Bonchev–Trinajstić information content (AvgIpc) is 3.19. The summed E-state index contributed by atoms with van der Waals surface area (Å²) in [7, 11) is 3.61. The maximum Gasteiger partial charge on any atom is 0.191 e. The second-order valence-corrected chi connectivity index (χ2v) is 7.42. The lowest BCUT2D eigenvalue weighted by molar-refractivity contribution is 0.310. The van der Waals surface area contributed by atoms with Gasteiger partial charge in [0.2, 0.25) is 0 Å². The first-order valence-electron chi connectivity index (χ1n) is 10.7. The standard InChI is InChI=1S/C22H34N6O2.HI/c1-5-23-22(24-13-17-9-10-20(29-4)21(12-17)30-6-2)26-18-8-7-11-28(15-18)19-14-25-27(3)16-19;/h9-10,12,14,16,18H,5-8,11,13,15H2,1-4H3,(H2,23,24,26);1H. The summed E-state index contributed by atoms with van der Waals surface area (Å²) in [4.78, 5) is 7.18. The first kappa shape index (κ1) is 25.1. The number of aliphatic imine (C=N–C) groups is 1. The van der Waals surface area contributed by atoms with E-state index in [1.165, 1.54) is 5.69 Å². The van der Waals surface area contributed by atoms with Gasteiger partial charge in [0, 0.05) is 38.9 Å². The minimum absolute atomic E-state index is 0. The molecule has 1 aliphatic heterocycles. The van der Waals surface area contributed by atoms with Gasteiger partial charge in [-0.25, -0.2) is 4.99 Å². The molecule has 1 saturated heterocycles. The van der Waals surface area contributed by atoms with Crippen molar-refractivity contribution in [1.82, 2.24) is 20.4 Å². The number of hydrogen-bond acceptors (Lipinski definition) is 5. The van der Waals surface area contributed by atoms with Crippen LogP contribution in [0.5, 0.6) is 11.5 Å². The van der Waals surface area contributed by atoms with E-state index in [-0.39, 0.29) is 24.0 Å². The number of ether oxygens (including phenoxy) is 2. The van der Waals surface area contributed by atoms with Crippen molar-refractivity contribution in [2.24, 2.45) is 12.0 Å². The molecule has 1 aliphatic rings.